The van der Waals surface area contributed by atoms with Gasteiger partial charge in [0.2, 0.25) is 0 Å². The molecular formula is C19H19ClN4O2S. The van der Waals surface area contributed by atoms with Crippen molar-refractivity contribution in [2.24, 2.45) is 0 Å². The maximum absolute atomic E-state index is 12.5. The largest absolute Gasteiger partial charge is 0.372 e. The van der Waals surface area contributed by atoms with Crippen LogP contribution in [-0.2, 0) is 4.74 Å². The van der Waals surface area contributed by atoms with Gasteiger partial charge in [0.05, 0.1) is 17.1 Å². The van der Waals surface area contributed by atoms with Crippen molar-refractivity contribution in [2.45, 2.75) is 26.1 Å². The van der Waals surface area contributed by atoms with Gasteiger partial charge in [-0.1, -0.05) is 35.1 Å². The molecule has 1 fully saturated rings. The molecule has 3 heterocycles. The van der Waals surface area contributed by atoms with Crippen LogP contribution in [0.25, 0.3) is 21.2 Å². The number of urea groups is 1. The van der Waals surface area contributed by atoms with E-state index >= 15 is 0 Å². The highest BCUT2D eigenvalue weighted by Crippen LogP contribution is 2.31. The monoisotopic (exact) mass is 402 g/mol. The molecule has 2 amide bonds. The Bertz CT molecular complexity index is 983. The van der Waals surface area contributed by atoms with E-state index in [1.54, 1.807) is 17.3 Å². The van der Waals surface area contributed by atoms with Crippen LogP contribution in [0.2, 0.25) is 5.15 Å². The summed E-state index contributed by atoms with van der Waals surface area (Å²) in [7, 11) is 0. The fourth-order valence-electron chi connectivity index (χ4n) is 3.25. The Morgan fingerprint density at radius 1 is 1.19 bits per heavy atom. The van der Waals surface area contributed by atoms with Gasteiger partial charge in [0, 0.05) is 30.9 Å². The van der Waals surface area contributed by atoms with Gasteiger partial charge in [0.15, 0.2) is 5.13 Å². The number of halogens is 1. The zero-order valence-corrected chi connectivity index (χ0v) is 16.5. The smallest absolute Gasteiger partial charge is 0.323 e. The number of nitrogens with zero attached hydrogens (tertiary/aromatic N) is 3. The van der Waals surface area contributed by atoms with Crippen LogP contribution in [0.3, 0.4) is 0 Å². The summed E-state index contributed by atoms with van der Waals surface area (Å²) >= 11 is 7.43. The molecule has 2 atom stereocenters. The number of fused-ring (bicyclic) bond motifs is 1. The van der Waals surface area contributed by atoms with Crippen LogP contribution in [0.1, 0.15) is 13.8 Å². The predicted molar refractivity (Wildman–Crippen MR) is 108 cm³/mol. The fraction of sp³-hybridized carbons (Fsp3) is 0.316. The number of nitrogens with one attached hydrogen (secondary N) is 1. The van der Waals surface area contributed by atoms with Crippen LogP contribution in [0.4, 0.5) is 9.93 Å². The highest BCUT2D eigenvalue weighted by Gasteiger charge is 2.26. The van der Waals surface area contributed by atoms with Gasteiger partial charge in [-0.15, -0.1) is 0 Å². The number of amides is 2. The lowest BCUT2D eigenvalue weighted by Crippen LogP contribution is -2.49. The summed E-state index contributed by atoms with van der Waals surface area (Å²) in [5.74, 6) is 0. The first-order valence-electron chi connectivity index (χ1n) is 8.71. The van der Waals surface area contributed by atoms with Crippen molar-refractivity contribution in [2.75, 3.05) is 18.4 Å². The Balaban J connectivity index is 1.51. The molecule has 2 aromatic heterocycles. The molecule has 0 saturated carbocycles. The lowest BCUT2D eigenvalue weighted by molar-refractivity contribution is -0.0530. The van der Waals surface area contributed by atoms with Gasteiger partial charge in [0.25, 0.3) is 0 Å². The molecule has 1 aliphatic rings. The maximum Gasteiger partial charge on any atom is 0.323 e. The summed E-state index contributed by atoms with van der Waals surface area (Å²) in [6.07, 6.45) is 3.59. The van der Waals surface area contributed by atoms with E-state index in [1.165, 1.54) is 11.3 Å². The first kappa shape index (κ1) is 18.2. The van der Waals surface area contributed by atoms with E-state index in [9.17, 15) is 4.79 Å². The zero-order valence-electron chi connectivity index (χ0n) is 15.0. The second kappa shape index (κ2) is 7.42. The van der Waals surface area contributed by atoms with Crippen molar-refractivity contribution in [3.63, 3.8) is 0 Å². The van der Waals surface area contributed by atoms with Crippen molar-refractivity contribution >= 4 is 44.9 Å². The van der Waals surface area contributed by atoms with Crippen LogP contribution < -0.4 is 5.32 Å². The summed E-state index contributed by atoms with van der Waals surface area (Å²) in [6.45, 7) is 5.10. The highest BCUT2D eigenvalue weighted by atomic mass is 35.5. The molecule has 27 heavy (non-hydrogen) atoms. The van der Waals surface area contributed by atoms with E-state index in [-0.39, 0.29) is 18.2 Å². The SMILES string of the molecule is C[C@@H]1CN(C(=O)Nc2ncc(-c3ccc4cnc(Cl)cc4c3)s2)C[C@H](C)O1. The second-order valence-electron chi connectivity index (χ2n) is 6.69. The van der Waals surface area contributed by atoms with Crippen molar-refractivity contribution < 1.29 is 9.53 Å². The molecule has 1 N–H and O–H groups in total. The summed E-state index contributed by atoms with van der Waals surface area (Å²) in [5, 5.41) is 5.98. The zero-order chi connectivity index (χ0) is 19.0. The molecule has 0 spiro atoms. The van der Waals surface area contributed by atoms with Crippen molar-refractivity contribution in [1.29, 1.82) is 0 Å². The van der Waals surface area contributed by atoms with Gasteiger partial charge in [0.1, 0.15) is 5.15 Å². The van der Waals surface area contributed by atoms with Crippen LogP contribution in [0.5, 0.6) is 0 Å². The number of carbonyl (C=O) groups is 1. The number of hydrogen-bond donors (Lipinski definition) is 1. The summed E-state index contributed by atoms with van der Waals surface area (Å²) in [5.41, 5.74) is 1.02. The molecular weight excluding hydrogens is 384 g/mol. The molecule has 140 valence electrons. The number of morpholine rings is 1. The van der Waals surface area contributed by atoms with E-state index in [1.807, 2.05) is 38.1 Å². The molecule has 1 aliphatic heterocycles. The molecule has 1 aromatic carbocycles. The molecule has 0 unspecified atom stereocenters. The number of rotatable bonds is 2. The minimum Gasteiger partial charge on any atom is -0.372 e. The van der Waals surface area contributed by atoms with Gasteiger partial charge >= 0.3 is 6.03 Å². The summed E-state index contributed by atoms with van der Waals surface area (Å²) in [4.78, 5) is 23.7. The Hall–Kier alpha value is -2.22. The van der Waals surface area contributed by atoms with Crippen LogP contribution in [0, 0.1) is 0 Å². The molecule has 8 heteroatoms. The van der Waals surface area contributed by atoms with Gasteiger partial charge in [-0.05, 0) is 36.9 Å². The average Bonchev–Trinajstić information content (AvgIpc) is 3.08. The van der Waals surface area contributed by atoms with Crippen molar-refractivity contribution in [3.05, 3.63) is 41.8 Å². The summed E-state index contributed by atoms with van der Waals surface area (Å²) < 4.78 is 5.67. The maximum atomic E-state index is 12.5. The van der Waals surface area contributed by atoms with Gasteiger partial charge in [-0.25, -0.2) is 14.8 Å². The van der Waals surface area contributed by atoms with E-state index in [0.717, 1.165) is 21.2 Å². The molecule has 1 saturated heterocycles. The molecule has 0 aliphatic carbocycles. The van der Waals surface area contributed by atoms with Crippen LogP contribution in [-0.4, -0.2) is 46.2 Å². The minimum absolute atomic E-state index is 0.0327. The third-order valence-corrected chi connectivity index (χ3v) is 5.57. The highest BCUT2D eigenvalue weighted by molar-refractivity contribution is 7.19. The third-order valence-electron chi connectivity index (χ3n) is 4.40. The number of hydrogen-bond acceptors (Lipinski definition) is 5. The fourth-order valence-corrected chi connectivity index (χ4v) is 4.22. The number of carbonyl (C=O) groups excluding carboxylic acids is 1. The van der Waals surface area contributed by atoms with E-state index in [0.29, 0.717) is 23.4 Å². The Labute approximate surface area is 166 Å². The molecule has 0 radical (unpaired) electrons. The topological polar surface area (TPSA) is 67.4 Å². The number of ether oxygens (including phenoxy) is 1. The Morgan fingerprint density at radius 2 is 1.96 bits per heavy atom. The van der Waals surface area contributed by atoms with Gasteiger partial charge in [-0.3, -0.25) is 5.32 Å². The quantitative estimate of drug-likeness (QED) is 0.633. The van der Waals surface area contributed by atoms with E-state index in [2.05, 4.69) is 15.3 Å². The van der Waals surface area contributed by atoms with Crippen molar-refractivity contribution in [3.8, 4) is 10.4 Å². The molecule has 3 aromatic rings. The van der Waals surface area contributed by atoms with Crippen molar-refractivity contribution in [1.82, 2.24) is 14.9 Å². The number of thiazole rings is 1. The molecule has 6 nitrogen and oxygen atoms in total. The number of aromatic nitrogens is 2. The first-order valence-corrected chi connectivity index (χ1v) is 9.90. The van der Waals surface area contributed by atoms with Crippen LogP contribution in [0.15, 0.2) is 36.7 Å². The molecule has 4 rings (SSSR count). The lowest BCUT2D eigenvalue weighted by atomic mass is 10.1. The predicted octanol–water partition coefficient (Wildman–Crippen LogP) is 4.65. The Kier molecular flexibility index (Phi) is 4.99. The molecule has 0 bridgehead atoms. The minimum atomic E-state index is -0.144. The van der Waals surface area contributed by atoms with E-state index in [4.69, 9.17) is 16.3 Å². The summed E-state index contributed by atoms with van der Waals surface area (Å²) in [6, 6.07) is 7.76. The standard InChI is InChI=1S/C19H19ClN4O2S/c1-11-9-24(10-12(2)26-11)19(25)23-18-22-8-16(27-18)13-3-4-14-7-21-17(20)6-15(14)5-13/h3-8,11-12H,9-10H2,1-2H3,(H,22,23,25)/t11-,12+. The normalized spacial score (nSPS) is 20.0. The van der Waals surface area contributed by atoms with Gasteiger partial charge < -0.3 is 9.64 Å². The third kappa shape index (κ3) is 4.05. The van der Waals surface area contributed by atoms with E-state index < -0.39 is 0 Å². The Morgan fingerprint density at radius 3 is 2.74 bits per heavy atom. The number of anilines is 1. The van der Waals surface area contributed by atoms with Crippen LogP contribution >= 0.6 is 22.9 Å². The number of pyridine rings is 1. The lowest BCUT2D eigenvalue weighted by Gasteiger charge is -2.34. The average molecular weight is 403 g/mol. The first-order chi connectivity index (χ1) is 13.0. The van der Waals surface area contributed by atoms with Gasteiger partial charge in [-0.2, -0.15) is 0 Å². The second-order valence-corrected chi connectivity index (χ2v) is 8.11. The number of benzene rings is 1.